The van der Waals surface area contributed by atoms with Crippen molar-refractivity contribution in [1.82, 2.24) is 19.9 Å². The van der Waals surface area contributed by atoms with Crippen molar-refractivity contribution in [2.24, 2.45) is 0 Å². The first-order chi connectivity index (χ1) is 14.5. The molecule has 2 aromatic carbocycles. The number of nitrogens with zero attached hydrogens (tertiary/aromatic N) is 2. The number of aromatic amines is 1. The molecule has 0 aliphatic carbocycles. The predicted molar refractivity (Wildman–Crippen MR) is 120 cm³/mol. The van der Waals surface area contributed by atoms with Crippen molar-refractivity contribution >= 4 is 28.7 Å². The van der Waals surface area contributed by atoms with Crippen LogP contribution in [0.1, 0.15) is 16.8 Å². The lowest BCUT2D eigenvalue weighted by Crippen LogP contribution is -2.26. The number of benzene rings is 2. The second kappa shape index (κ2) is 8.59. The Morgan fingerprint density at radius 3 is 2.57 bits per heavy atom. The number of hydrogen-bond acceptors (Lipinski definition) is 4. The van der Waals surface area contributed by atoms with Gasteiger partial charge in [-0.15, -0.1) is 0 Å². The number of carbonyl (C=O) groups excluding carboxylic acids is 1. The molecule has 2 heterocycles. The fourth-order valence-electron chi connectivity index (χ4n) is 3.17. The topological polar surface area (TPSA) is 79.8 Å². The van der Waals surface area contributed by atoms with Crippen molar-refractivity contribution in [3.8, 4) is 5.69 Å². The van der Waals surface area contributed by atoms with Gasteiger partial charge in [0.25, 0.3) is 5.56 Å². The van der Waals surface area contributed by atoms with Crippen LogP contribution in [0.2, 0.25) is 0 Å². The molecule has 7 heteroatoms. The monoisotopic (exact) mass is 418 g/mol. The number of H-pyrrole nitrogens is 1. The molecule has 6 nitrogen and oxygen atoms in total. The highest BCUT2D eigenvalue weighted by atomic mass is 32.2. The van der Waals surface area contributed by atoms with Crippen LogP contribution >= 0.6 is 11.8 Å². The SMILES string of the molecule is Cc1ccc(-n2c(SCC(=O)NCc3ccccc3)nc3cc(C)[nH]c3c2=O)cc1. The maximum atomic E-state index is 13.2. The fourth-order valence-corrected chi connectivity index (χ4v) is 4.02. The number of carbonyl (C=O) groups is 1. The van der Waals surface area contributed by atoms with Gasteiger partial charge in [0.05, 0.1) is 17.0 Å². The highest BCUT2D eigenvalue weighted by molar-refractivity contribution is 7.99. The van der Waals surface area contributed by atoms with E-state index in [0.717, 1.165) is 22.5 Å². The van der Waals surface area contributed by atoms with E-state index < -0.39 is 0 Å². The largest absolute Gasteiger partial charge is 0.353 e. The lowest BCUT2D eigenvalue weighted by Gasteiger charge is -2.12. The van der Waals surface area contributed by atoms with Crippen LogP contribution in [0.25, 0.3) is 16.7 Å². The van der Waals surface area contributed by atoms with E-state index in [1.807, 2.05) is 74.5 Å². The van der Waals surface area contributed by atoms with Crippen molar-refractivity contribution in [3.63, 3.8) is 0 Å². The third-order valence-electron chi connectivity index (χ3n) is 4.71. The van der Waals surface area contributed by atoms with Crippen LogP contribution in [0.5, 0.6) is 0 Å². The minimum atomic E-state index is -0.177. The third kappa shape index (κ3) is 4.31. The molecule has 152 valence electrons. The average Bonchev–Trinajstić information content (AvgIpc) is 3.13. The Hall–Kier alpha value is -3.32. The smallest absolute Gasteiger partial charge is 0.283 e. The van der Waals surface area contributed by atoms with Crippen LogP contribution in [-0.2, 0) is 11.3 Å². The Labute approximate surface area is 178 Å². The molecule has 0 aliphatic heterocycles. The molecule has 2 aromatic heterocycles. The lowest BCUT2D eigenvalue weighted by atomic mass is 10.2. The van der Waals surface area contributed by atoms with Crippen LogP contribution in [0.15, 0.2) is 70.6 Å². The van der Waals surface area contributed by atoms with E-state index >= 15 is 0 Å². The van der Waals surface area contributed by atoms with Gasteiger partial charge in [-0.1, -0.05) is 59.8 Å². The number of fused-ring (bicyclic) bond motifs is 1. The number of rotatable bonds is 6. The van der Waals surface area contributed by atoms with Crippen LogP contribution in [-0.4, -0.2) is 26.2 Å². The number of aryl methyl sites for hydroxylation is 2. The summed E-state index contributed by atoms with van der Waals surface area (Å²) in [6, 6.07) is 19.3. The van der Waals surface area contributed by atoms with E-state index in [0.29, 0.717) is 22.7 Å². The molecule has 0 saturated carbocycles. The van der Waals surface area contributed by atoms with Gasteiger partial charge in [-0.3, -0.25) is 14.2 Å². The quantitative estimate of drug-likeness (QED) is 0.369. The van der Waals surface area contributed by atoms with Gasteiger partial charge in [-0.2, -0.15) is 0 Å². The minimum absolute atomic E-state index is 0.112. The van der Waals surface area contributed by atoms with E-state index in [9.17, 15) is 9.59 Å². The van der Waals surface area contributed by atoms with Gasteiger partial charge >= 0.3 is 0 Å². The number of aromatic nitrogens is 3. The summed E-state index contributed by atoms with van der Waals surface area (Å²) in [5.41, 5.74) is 4.62. The average molecular weight is 419 g/mol. The Morgan fingerprint density at radius 2 is 1.83 bits per heavy atom. The van der Waals surface area contributed by atoms with Crippen molar-refractivity contribution in [1.29, 1.82) is 0 Å². The summed E-state index contributed by atoms with van der Waals surface area (Å²) in [5.74, 6) is 0.0546. The van der Waals surface area contributed by atoms with Gasteiger partial charge in [0.1, 0.15) is 5.52 Å². The molecular formula is C23H22N4O2S. The Morgan fingerprint density at radius 1 is 1.10 bits per heavy atom. The summed E-state index contributed by atoms with van der Waals surface area (Å²) < 4.78 is 1.56. The molecule has 4 rings (SSSR count). The van der Waals surface area contributed by atoms with E-state index in [1.54, 1.807) is 4.57 Å². The van der Waals surface area contributed by atoms with E-state index in [4.69, 9.17) is 0 Å². The highest BCUT2D eigenvalue weighted by Crippen LogP contribution is 2.22. The van der Waals surface area contributed by atoms with Crippen LogP contribution in [0.4, 0.5) is 0 Å². The predicted octanol–water partition coefficient (Wildman–Crippen LogP) is 3.74. The van der Waals surface area contributed by atoms with E-state index in [1.165, 1.54) is 11.8 Å². The highest BCUT2D eigenvalue weighted by Gasteiger charge is 2.16. The van der Waals surface area contributed by atoms with Crippen molar-refractivity contribution < 1.29 is 4.79 Å². The number of amides is 1. The number of hydrogen-bond donors (Lipinski definition) is 2. The zero-order valence-corrected chi connectivity index (χ0v) is 17.6. The van der Waals surface area contributed by atoms with Gasteiger partial charge in [0, 0.05) is 12.2 Å². The molecule has 2 N–H and O–H groups in total. The van der Waals surface area contributed by atoms with Gasteiger partial charge in [0.15, 0.2) is 5.16 Å². The molecule has 0 spiro atoms. The van der Waals surface area contributed by atoms with Crippen LogP contribution in [0.3, 0.4) is 0 Å². The van der Waals surface area contributed by atoms with Gasteiger partial charge in [-0.05, 0) is 37.6 Å². The summed E-state index contributed by atoms with van der Waals surface area (Å²) in [6.07, 6.45) is 0. The maximum absolute atomic E-state index is 13.2. The standard InChI is InChI=1S/C23H22N4O2S/c1-15-8-10-18(11-9-15)27-22(29)21-19(12-16(2)25-21)26-23(27)30-14-20(28)24-13-17-6-4-3-5-7-17/h3-12,25H,13-14H2,1-2H3,(H,24,28). The van der Waals surface area contributed by atoms with Gasteiger partial charge < -0.3 is 10.3 Å². The first kappa shape index (κ1) is 20.0. The van der Waals surface area contributed by atoms with Crippen molar-refractivity contribution in [2.75, 3.05) is 5.75 Å². The number of thioether (sulfide) groups is 1. The first-order valence-electron chi connectivity index (χ1n) is 9.64. The molecule has 0 saturated heterocycles. The summed E-state index contributed by atoms with van der Waals surface area (Å²) in [5, 5.41) is 3.40. The third-order valence-corrected chi connectivity index (χ3v) is 5.65. The fraction of sp³-hybridized carbons (Fsp3) is 0.174. The van der Waals surface area contributed by atoms with Crippen molar-refractivity contribution in [2.45, 2.75) is 25.5 Å². The molecule has 4 aromatic rings. The van der Waals surface area contributed by atoms with Gasteiger partial charge in [-0.25, -0.2) is 4.98 Å². The lowest BCUT2D eigenvalue weighted by molar-refractivity contribution is -0.118. The number of nitrogens with one attached hydrogen (secondary N) is 2. The second-order valence-electron chi connectivity index (χ2n) is 7.13. The molecule has 0 atom stereocenters. The molecule has 0 aliphatic rings. The molecular weight excluding hydrogens is 396 g/mol. The summed E-state index contributed by atoms with van der Waals surface area (Å²) in [4.78, 5) is 33.3. The van der Waals surface area contributed by atoms with Crippen LogP contribution in [0, 0.1) is 13.8 Å². The van der Waals surface area contributed by atoms with Crippen molar-refractivity contribution in [3.05, 3.63) is 87.8 Å². The zero-order valence-electron chi connectivity index (χ0n) is 16.8. The molecule has 30 heavy (non-hydrogen) atoms. The second-order valence-corrected chi connectivity index (χ2v) is 8.08. The minimum Gasteiger partial charge on any atom is -0.353 e. The molecule has 0 bridgehead atoms. The maximum Gasteiger partial charge on any atom is 0.283 e. The van der Waals surface area contributed by atoms with Gasteiger partial charge in [0.2, 0.25) is 5.91 Å². The van der Waals surface area contributed by atoms with Crippen LogP contribution < -0.4 is 10.9 Å². The Balaban J connectivity index is 1.60. The normalized spacial score (nSPS) is 11.0. The summed E-state index contributed by atoms with van der Waals surface area (Å²) in [6.45, 7) is 4.35. The Bertz CT molecular complexity index is 1240. The molecule has 0 fully saturated rings. The summed E-state index contributed by atoms with van der Waals surface area (Å²) in [7, 11) is 0. The Kier molecular flexibility index (Phi) is 5.72. The first-order valence-corrected chi connectivity index (χ1v) is 10.6. The molecule has 1 amide bonds. The summed E-state index contributed by atoms with van der Waals surface area (Å²) >= 11 is 1.25. The van der Waals surface area contributed by atoms with E-state index in [2.05, 4.69) is 15.3 Å². The molecule has 0 unspecified atom stereocenters. The zero-order chi connectivity index (χ0) is 21.1. The molecule has 0 radical (unpaired) electrons. The van der Waals surface area contributed by atoms with E-state index in [-0.39, 0.29) is 17.2 Å².